The number of aryl methyl sites for hydroxylation is 1. The van der Waals surface area contributed by atoms with Crippen molar-refractivity contribution in [3.8, 4) is 5.69 Å². The fourth-order valence-corrected chi connectivity index (χ4v) is 5.24. The zero-order valence-corrected chi connectivity index (χ0v) is 20.6. The van der Waals surface area contributed by atoms with E-state index in [1.165, 1.54) is 12.1 Å². The molecule has 2 atom stereocenters. The molecular formula is C26H22BrFN4S. The molecule has 1 aliphatic rings. The number of benzene rings is 2. The monoisotopic (exact) mass is 520 g/mol. The van der Waals surface area contributed by atoms with E-state index in [1.807, 2.05) is 30.3 Å². The van der Waals surface area contributed by atoms with E-state index in [0.717, 1.165) is 38.5 Å². The Morgan fingerprint density at radius 3 is 2.33 bits per heavy atom. The van der Waals surface area contributed by atoms with E-state index in [1.54, 1.807) is 18.3 Å². The fraction of sp³-hybridized carbons (Fsp3) is 0.154. The number of pyridine rings is 1. The fourth-order valence-electron chi connectivity index (χ4n) is 4.63. The molecule has 2 aromatic heterocycles. The molecule has 0 saturated carbocycles. The lowest BCUT2D eigenvalue weighted by Crippen LogP contribution is -2.29. The minimum Gasteiger partial charge on any atom is -0.351 e. The molecule has 1 fully saturated rings. The molecule has 5 rings (SSSR count). The summed E-state index contributed by atoms with van der Waals surface area (Å²) in [6.45, 7) is 4.17. The highest BCUT2D eigenvalue weighted by Crippen LogP contribution is 2.43. The Kier molecular flexibility index (Phi) is 5.76. The number of thiocarbonyl (C=S) groups is 1. The minimum atomic E-state index is -0.247. The molecule has 4 aromatic rings. The number of rotatable bonds is 4. The van der Waals surface area contributed by atoms with E-state index >= 15 is 0 Å². The number of hydrogen-bond donors (Lipinski definition) is 1. The molecule has 33 heavy (non-hydrogen) atoms. The van der Waals surface area contributed by atoms with Crippen LogP contribution >= 0.6 is 28.1 Å². The van der Waals surface area contributed by atoms with Crippen molar-refractivity contribution in [1.82, 2.24) is 14.9 Å². The molecule has 2 unspecified atom stereocenters. The third kappa shape index (κ3) is 3.96. The maximum Gasteiger partial charge on any atom is 0.174 e. The van der Waals surface area contributed by atoms with Gasteiger partial charge in [-0.3, -0.25) is 4.98 Å². The normalized spacial score (nSPS) is 17.9. The molecule has 0 spiro atoms. The maximum absolute atomic E-state index is 13.6. The summed E-state index contributed by atoms with van der Waals surface area (Å²) in [4.78, 5) is 6.80. The van der Waals surface area contributed by atoms with Crippen LogP contribution in [0.5, 0.6) is 0 Å². The topological polar surface area (TPSA) is 33.1 Å². The average Bonchev–Trinajstić information content (AvgIpc) is 3.31. The summed E-state index contributed by atoms with van der Waals surface area (Å²) < 4.78 is 16.7. The molecule has 2 aromatic carbocycles. The van der Waals surface area contributed by atoms with Gasteiger partial charge in [0.1, 0.15) is 5.82 Å². The number of aromatic nitrogens is 2. The van der Waals surface area contributed by atoms with Gasteiger partial charge in [-0.1, -0.05) is 22.0 Å². The Labute approximate surface area is 206 Å². The van der Waals surface area contributed by atoms with E-state index in [9.17, 15) is 4.39 Å². The van der Waals surface area contributed by atoms with Crippen molar-refractivity contribution in [2.24, 2.45) is 0 Å². The number of nitrogens with zero attached hydrogens (tertiary/aromatic N) is 3. The summed E-state index contributed by atoms with van der Waals surface area (Å²) in [5.41, 5.74) is 6.15. The Bertz CT molecular complexity index is 1300. The largest absolute Gasteiger partial charge is 0.351 e. The molecule has 7 heteroatoms. The number of nitrogens with one attached hydrogen (secondary N) is 1. The van der Waals surface area contributed by atoms with E-state index < -0.39 is 0 Å². The SMILES string of the molecule is Cc1cc(C2C(c3ccccn3)NC(=S)N2c2ccc(Br)cc2)c(C)n1-c1ccc(F)cc1. The van der Waals surface area contributed by atoms with Crippen LogP contribution in [-0.4, -0.2) is 14.7 Å². The van der Waals surface area contributed by atoms with Crippen LogP contribution in [0.25, 0.3) is 5.69 Å². The van der Waals surface area contributed by atoms with Crippen LogP contribution in [0.3, 0.4) is 0 Å². The lowest BCUT2D eigenvalue weighted by molar-refractivity contribution is 0.565. The van der Waals surface area contributed by atoms with Gasteiger partial charge >= 0.3 is 0 Å². The highest BCUT2D eigenvalue weighted by Gasteiger charge is 2.42. The quantitative estimate of drug-likeness (QED) is 0.308. The van der Waals surface area contributed by atoms with Gasteiger partial charge in [0.05, 0.1) is 17.8 Å². The van der Waals surface area contributed by atoms with Gasteiger partial charge in [-0.15, -0.1) is 0 Å². The standard InChI is InChI=1S/C26H22BrFN4S/c1-16-15-22(17(2)31(16)20-12-8-19(28)9-13-20)25-24(23-5-3-4-14-29-23)30-26(33)32(25)21-10-6-18(27)7-11-21/h3-15,24-25H,1-2H3,(H,30,33). The third-order valence-corrected chi connectivity index (χ3v) is 6.92. The van der Waals surface area contributed by atoms with E-state index in [0.29, 0.717) is 5.11 Å². The van der Waals surface area contributed by atoms with Crippen molar-refractivity contribution in [2.75, 3.05) is 4.90 Å². The lowest BCUT2D eigenvalue weighted by Gasteiger charge is -2.28. The molecular weight excluding hydrogens is 499 g/mol. The molecule has 1 saturated heterocycles. The number of anilines is 1. The Morgan fingerprint density at radius 1 is 0.970 bits per heavy atom. The van der Waals surface area contributed by atoms with E-state index in [-0.39, 0.29) is 17.9 Å². The van der Waals surface area contributed by atoms with Crippen molar-refractivity contribution in [2.45, 2.75) is 25.9 Å². The highest BCUT2D eigenvalue weighted by molar-refractivity contribution is 9.10. The summed E-state index contributed by atoms with van der Waals surface area (Å²) in [6.07, 6.45) is 1.81. The van der Waals surface area contributed by atoms with Crippen LogP contribution in [0.15, 0.2) is 83.5 Å². The molecule has 0 bridgehead atoms. The Hall–Kier alpha value is -3.03. The van der Waals surface area contributed by atoms with Gasteiger partial charge in [0, 0.05) is 33.4 Å². The van der Waals surface area contributed by atoms with Crippen LogP contribution in [0.2, 0.25) is 0 Å². The molecule has 4 nitrogen and oxygen atoms in total. The molecule has 0 radical (unpaired) electrons. The zero-order valence-electron chi connectivity index (χ0n) is 18.2. The second-order valence-electron chi connectivity index (χ2n) is 8.11. The molecule has 0 aliphatic carbocycles. The zero-order chi connectivity index (χ0) is 23.1. The molecule has 166 valence electrons. The lowest BCUT2D eigenvalue weighted by atomic mass is 9.96. The maximum atomic E-state index is 13.6. The van der Waals surface area contributed by atoms with Crippen molar-refractivity contribution in [3.05, 3.63) is 112 Å². The van der Waals surface area contributed by atoms with E-state index in [4.69, 9.17) is 12.2 Å². The van der Waals surface area contributed by atoms with Gasteiger partial charge in [-0.2, -0.15) is 0 Å². The van der Waals surface area contributed by atoms with Gasteiger partial charge in [0.15, 0.2) is 5.11 Å². The molecule has 1 N–H and O–H groups in total. The first kappa shape index (κ1) is 21.8. The summed E-state index contributed by atoms with van der Waals surface area (Å²) >= 11 is 9.35. The van der Waals surface area contributed by atoms with Gasteiger partial charge in [0.2, 0.25) is 0 Å². The van der Waals surface area contributed by atoms with Crippen LogP contribution < -0.4 is 10.2 Å². The van der Waals surface area contributed by atoms with Crippen LogP contribution in [-0.2, 0) is 0 Å². The second-order valence-corrected chi connectivity index (χ2v) is 9.41. The first-order valence-electron chi connectivity index (χ1n) is 10.6. The smallest absolute Gasteiger partial charge is 0.174 e. The molecule has 3 heterocycles. The van der Waals surface area contributed by atoms with Crippen LogP contribution in [0.1, 0.15) is 34.7 Å². The van der Waals surface area contributed by atoms with Crippen molar-refractivity contribution in [3.63, 3.8) is 0 Å². The van der Waals surface area contributed by atoms with Gasteiger partial charge in [0.25, 0.3) is 0 Å². The van der Waals surface area contributed by atoms with Gasteiger partial charge in [-0.05, 0) is 98.4 Å². The van der Waals surface area contributed by atoms with E-state index in [2.05, 4.69) is 67.7 Å². The van der Waals surface area contributed by atoms with Gasteiger partial charge < -0.3 is 14.8 Å². The van der Waals surface area contributed by atoms with Crippen LogP contribution in [0.4, 0.5) is 10.1 Å². The Balaban J connectivity index is 1.67. The predicted molar refractivity (Wildman–Crippen MR) is 137 cm³/mol. The Morgan fingerprint density at radius 2 is 1.67 bits per heavy atom. The highest BCUT2D eigenvalue weighted by atomic mass is 79.9. The second kappa shape index (κ2) is 8.72. The molecule has 0 amide bonds. The van der Waals surface area contributed by atoms with Gasteiger partial charge in [-0.25, -0.2) is 4.39 Å². The minimum absolute atomic E-state index is 0.103. The van der Waals surface area contributed by atoms with Crippen LogP contribution in [0, 0.1) is 19.7 Å². The van der Waals surface area contributed by atoms with Crippen molar-refractivity contribution in [1.29, 1.82) is 0 Å². The summed E-state index contributed by atoms with van der Waals surface area (Å²) in [5, 5.41) is 4.17. The van der Waals surface area contributed by atoms with Crippen molar-refractivity contribution >= 4 is 38.9 Å². The first-order valence-corrected chi connectivity index (χ1v) is 11.8. The number of hydrogen-bond acceptors (Lipinski definition) is 2. The number of halogens is 2. The molecule has 1 aliphatic heterocycles. The summed E-state index contributed by atoms with van der Waals surface area (Å²) in [7, 11) is 0. The summed E-state index contributed by atoms with van der Waals surface area (Å²) in [5.74, 6) is -0.247. The average molecular weight is 521 g/mol. The third-order valence-electron chi connectivity index (χ3n) is 6.08. The first-order chi connectivity index (χ1) is 15.9. The van der Waals surface area contributed by atoms with Crippen molar-refractivity contribution < 1.29 is 4.39 Å². The summed E-state index contributed by atoms with van der Waals surface area (Å²) in [6, 6.07) is 22.7. The predicted octanol–water partition coefficient (Wildman–Crippen LogP) is 6.57.